The Labute approximate surface area is 124 Å². The molecule has 0 aromatic heterocycles. The van der Waals surface area contributed by atoms with Gasteiger partial charge in [0.1, 0.15) is 5.82 Å². The highest BCUT2D eigenvalue weighted by Crippen LogP contribution is 2.26. The molecule has 0 spiro atoms. The van der Waals surface area contributed by atoms with Crippen LogP contribution in [0.2, 0.25) is 5.02 Å². The van der Waals surface area contributed by atoms with Gasteiger partial charge in [0.25, 0.3) is 0 Å². The van der Waals surface area contributed by atoms with Crippen molar-refractivity contribution in [3.8, 4) is 0 Å². The Hall–Kier alpha value is -1.38. The van der Waals surface area contributed by atoms with Gasteiger partial charge in [-0.15, -0.1) is 0 Å². The molecule has 0 aliphatic carbocycles. The Bertz CT molecular complexity index is 556. The first-order valence-electron chi connectivity index (χ1n) is 6.78. The molecule has 0 bridgehead atoms. The monoisotopic (exact) mass is 291 g/mol. The molecule has 106 valence electrons. The summed E-state index contributed by atoms with van der Waals surface area (Å²) in [5.41, 5.74) is 2.10. The van der Waals surface area contributed by atoms with Gasteiger partial charge in [0, 0.05) is 6.04 Å². The lowest BCUT2D eigenvalue weighted by Crippen LogP contribution is -2.33. The lowest BCUT2D eigenvalue weighted by molar-refractivity contribution is 0.482. The summed E-state index contributed by atoms with van der Waals surface area (Å²) in [5.74, 6) is -0.0353. The molecule has 0 aliphatic rings. The fourth-order valence-corrected chi connectivity index (χ4v) is 2.66. The number of rotatable bonds is 5. The van der Waals surface area contributed by atoms with E-state index in [-0.39, 0.29) is 16.9 Å². The van der Waals surface area contributed by atoms with E-state index in [0.717, 1.165) is 5.56 Å². The predicted octanol–water partition coefficient (Wildman–Crippen LogP) is 4.41. The van der Waals surface area contributed by atoms with Gasteiger partial charge in [-0.2, -0.15) is 0 Å². The molecular formula is C17H19ClFN. The molecule has 0 radical (unpaired) electrons. The molecule has 2 atom stereocenters. The van der Waals surface area contributed by atoms with Crippen molar-refractivity contribution in [3.63, 3.8) is 0 Å². The van der Waals surface area contributed by atoms with Crippen LogP contribution in [0.1, 0.15) is 24.0 Å². The summed E-state index contributed by atoms with van der Waals surface area (Å²) in [7, 11) is 1.93. The van der Waals surface area contributed by atoms with E-state index in [0.29, 0.717) is 12.3 Å². The standard InChI is InChI=1S/C17H19ClFN/c1-12(13-7-4-3-5-8-13)16(20-2)11-14-9-6-10-15(19)17(14)18/h3-10,12,16,20H,11H2,1-2H3. The van der Waals surface area contributed by atoms with Crippen molar-refractivity contribution in [3.05, 3.63) is 70.5 Å². The molecule has 0 aliphatic heterocycles. The molecular weight excluding hydrogens is 273 g/mol. The van der Waals surface area contributed by atoms with Gasteiger partial charge in [-0.3, -0.25) is 0 Å². The van der Waals surface area contributed by atoms with Crippen molar-refractivity contribution in [2.45, 2.75) is 25.3 Å². The minimum Gasteiger partial charge on any atom is -0.316 e. The van der Waals surface area contributed by atoms with Gasteiger partial charge >= 0.3 is 0 Å². The van der Waals surface area contributed by atoms with Gasteiger partial charge in [-0.25, -0.2) is 4.39 Å². The van der Waals surface area contributed by atoms with Crippen molar-refractivity contribution in [1.82, 2.24) is 5.32 Å². The first kappa shape index (κ1) is 15.0. The highest BCUT2D eigenvalue weighted by molar-refractivity contribution is 6.31. The summed E-state index contributed by atoms with van der Waals surface area (Å²) in [4.78, 5) is 0. The smallest absolute Gasteiger partial charge is 0.142 e. The topological polar surface area (TPSA) is 12.0 Å². The Morgan fingerprint density at radius 2 is 1.80 bits per heavy atom. The summed E-state index contributed by atoms with van der Waals surface area (Å²) in [6.45, 7) is 2.17. The summed E-state index contributed by atoms with van der Waals surface area (Å²) >= 11 is 6.04. The van der Waals surface area contributed by atoms with Crippen LogP contribution >= 0.6 is 11.6 Å². The molecule has 0 fully saturated rings. The van der Waals surface area contributed by atoms with Gasteiger partial charge in [0.15, 0.2) is 0 Å². The van der Waals surface area contributed by atoms with Crippen LogP contribution in [-0.4, -0.2) is 13.1 Å². The largest absolute Gasteiger partial charge is 0.316 e. The quantitative estimate of drug-likeness (QED) is 0.860. The molecule has 0 saturated heterocycles. The maximum Gasteiger partial charge on any atom is 0.142 e. The molecule has 20 heavy (non-hydrogen) atoms. The van der Waals surface area contributed by atoms with E-state index >= 15 is 0 Å². The van der Waals surface area contributed by atoms with Crippen LogP contribution in [0.25, 0.3) is 0 Å². The van der Waals surface area contributed by atoms with E-state index in [1.165, 1.54) is 11.6 Å². The van der Waals surface area contributed by atoms with Crippen LogP contribution in [0.4, 0.5) is 4.39 Å². The van der Waals surface area contributed by atoms with E-state index in [9.17, 15) is 4.39 Å². The molecule has 2 unspecified atom stereocenters. The maximum atomic E-state index is 13.5. The second-order valence-corrected chi connectivity index (χ2v) is 5.39. The SMILES string of the molecule is CNC(Cc1cccc(F)c1Cl)C(C)c1ccccc1. The summed E-state index contributed by atoms with van der Waals surface area (Å²) in [5, 5.41) is 3.54. The van der Waals surface area contributed by atoms with Crippen molar-refractivity contribution in [2.75, 3.05) is 7.05 Å². The zero-order valence-electron chi connectivity index (χ0n) is 11.7. The van der Waals surface area contributed by atoms with Crippen LogP contribution in [0.3, 0.4) is 0 Å². The Morgan fingerprint density at radius 1 is 1.10 bits per heavy atom. The van der Waals surface area contributed by atoms with Crippen molar-refractivity contribution < 1.29 is 4.39 Å². The molecule has 1 nitrogen and oxygen atoms in total. The highest BCUT2D eigenvalue weighted by Gasteiger charge is 2.19. The van der Waals surface area contributed by atoms with Crippen LogP contribution < -0.4 is 5.32 Å². The normalized spacial score (nSPS) is 14.0. The summed E-state index contributed by atoms with van der Waals surface area (Å²) in [6, 6.07) is 15.5. The van der Waals surface area contributed by atoms with Crippen molar-refractivity contribution in [1.29, 1.82) is 0 Å². The maximum absolute atomic E-state index is 13.5. The van der Waals surface area contributed by atoms with E-state index in [2.05, 4.69) is 24.4 Å². The zero-order chi connectivity index (χ0) is 14.5. The van der Waals surface area contributed by atoms with Crippen LogP contribution in [0.5, 0.6) is 0 Å². The third-order valence-corrected chi connectivity index (χ3v) is 4.19. The van der Waals surface area contributed by atoms with E-state index in [1.807, 2.05) is 31.3 Å². The molecule has 0 saturated carbocycles. The molecule has 3 heteroatoms. The second-order valence-electron chi connectivity index (χ2n) is 5.01. The Kier molecular flexibility index (Phi) is 5.16. The third-order valence-electron chi connectivity index (χ3n) is 3.77. The van der Waals surface area contributed by atoms with Gasteiger partial charge in [-0.05, 0) is 36.6 Å². The van der Waals surface area contributed by atoms with Gasteiger partial charge in [0.2, 0.25) is 0 Å². The Balaban J connectivity index is 2.19. The minimum atomic E-state index is -0.355. The lowest BCUT2D eigenvalue weighted by Gasteiger charge is -2.24. The average molecular weight is 292 g/mol. The van der Waals surface area contributed by atoms with Crippen LogP contribution in [0, 0.1) is 5.82 Å². The van der Waals surface area contributed by atoms with E-state index in [1.54, 1.807) is 6.07 Å². The number of hydrogen-bond acceptors (Lipinski definition) is 1. The minimum absolute atomic E-state index is 0.205. The summed E-state index contributed by atoms with van der Waals surface area (Å²) < 4.78 is 13.5. The molecule has 0 amide bonds. The zero-order valence-corrected chi connectivity index (χ0v) is 12.5. The first-order valence-corrected chi connectivity index (χ1v) is 7.16. The van der Waals surface area contributed by atoms with Crippen molar-refractivity contribution in [2.24, 2.45) is 0 Å². The number of benzene rings is 2. The van der Waals surface area contributed by atoms with Crippen molar-refractivity contribution >= 4 is 11.6 Å². The average Bonchev–Trinajstić information content (AvgIpc) is 2.49. The summed E-state index contributed by atoms with van der Waals surface area (Å²) in [6.07, 6.45) is 0.698. The molecule has 2 aromatic carbocycles. The fourth-order valence-electron chi connectivity index (χ4n) is 2.46. The highest BCUT2D eigenvalue weighted by atomic mass is 35.5. The molecule has 2 aromatic rings. The predicted molar refractivity (Wildman–Crippen MR) is 82.8 cm³/mol. The first-order chi connectivity index (χ1) is 9.63. The lowest BCUT2D eigenvalue weighted by atomic mass is 9.89. The number of halogens is 2. The van der Waals surface area contributed by atoms with Gasteiger partial charge in [0.05, 0.1) is 5.02 Å². The molecule has 1 N–H and O–H groups in total. The number of nitrogens with one attached hydrogen (secondary N) is 1. The van der Waals surface area contributed by atoms with Crippen LogP contribution in [0.15, 0.2) is 48.5 Å². The number of hydrogen-bond donors (Lipinski definition) is 1. The van der Waals surface area contributed by atoms with E-state index in [4.69, 9.17) is 11.6 Å². The van der Waals surface area contributed by atoms with E-state index < -0.39 is 0 Å². The molecule has 2 rings (SSSR count). The number of likely N-dealkylation sites (N-methyl/N-ethyl adjacent to an activating group) is 1. The second kappa shape index (κ2) is 6.87. The fraction of sp³-hybridized carbons (Fsp3) is 0.294. The van der Waals surface area contributed by atoms with Gasteiger partial charge < -0.3 is 5.32 Å². The van der Waals surface area contributed by atoms with Gasteiger partial charge in [-0.1, -0.05) is 61.0 Å². The molecule has 0 heterocycles. The third kappa shape index (κ3) is 3.38. The Morgan fingerprint density at radius 3 is 2.45 bits per heavy atom. The van der Waals surface area contributed by atoms with Crippen LogP contribution in [-0.2, 0) is 6.42 Å².